The second-order valence-corrected chi connectivity index (χ2v) is 7.88. The van der Waals surface area contributed by atoms with Gasteiger partial charge in [0.15, 0.2) is 0 Å². The van der Waals surface area contributed by atoms with Gasteiger partial charge in [-0.05, 0) is 44.5 Å². The van der Waals surface area contributed by atoms with Crippen molar-refractivity contribution in [3.05, 3.63) is 39.2 Å². The van der Waals surface area contributed by atoms with Crippen LogP contribution in [0.5, 0.6) is 0 Å². The Morgan fingerprint density at radius 1 is 1.25 bits per heavy atom. The van der Waals surface area contributed by atoms with Gasteiger partial charge >= 0.3 is 11.7 Å². The maximum atomic E-state index is 12.6. The fraction of sp³-hybridized carbons (Fsp3) is 0.524. The zero-order chi connectivity index (χ0) is 20.0. The average molecular weight is 385 g/mol. The number of carbonyl (C=O) groups is 1. The standard InChI is InChI=1S/C21H27N3O4/c1-4-14-11-23(10-9-22(14)3)18-6-5-16-15-7-8-24(21(26)27)12-17(15)20(25)28-19(16)13(18)2/h5-6,14H,4,7-12H2,1-3H3,(H,26,27)/t14-/m0/s1. The third kappa shape index (κ3) is 3.03. The van der Waals surface area contributed by atoms with Crippen molar-refractivity contribution in [3.8, 4) is 0 Å². The topological polar surface area (TPSA) is 77.2 Å². The Hall–Kier alpha value is -2.54. The Morgan fingerprint density at radius 3 is 2.75 bits per heavy atom. The van der Waals surface area contributed by atoms with E-state index in [-0.39, 0.29) is 6.54 Å². The van der Waals surface area contributed by atoms with Crippen LogP contribution >= 0.6 is 0 Å². The summed E-state index contributed by atoms with van der Waals surface area (Å²) in [5.41, 5.74) is 3.72. The molecule has 4 rings (SSSR count). The number of hydrogen-bond donors (Lipinski definition) is 1. The third-order valence-electron chi connectivity index (χ3n) is 6.35. The first-order valence-electron chi connectivity index (χ1n) is 9.92. The molecule has 1 amide bonds. The number of rotatable bonds is 2. The molecule has 1 saturated heterocycles. The van der Waals surface area contributed by atoms with Gasteiger partial charge in [-0.25, -0.2) is 9.59 Å². The van der Waals surface area contributed by atoms with Crippen LogP contribution in [0.3, 0.4) is 0 Å². The van der Waals surface area contributed by atoms with Gasteiger partial charge in [-0.15, -0.1) is 0 Å². The summed E-state index contributed by atoms with van der Waals surface area (Å²) < 4.78 is 5.71. The van der Waals surface area contributed by atoms with Crippen LogP contribution in [0.15, 0.2) is 21.3 Å². The monoisotopic (exact) mass is 385 g/mol. The molecule has 0 bridgehead atoms. The number of hydrogen-bond acceptors (Lipinski definition) is 5. The maximum absolute atomic E-state index is 12.6. The molecule has 0 spiro atoms. The molecule has 1 aromatic heterocycles. The highest BCUT2D eigenvalue weighted by Gasteiger charge is 2.28. The Labute approximate surface area is 164 Å². The van der Waals surface area contributed by atoms with Gasteiger partial charge in [0.2, 0.25) is 0 Å². The number of aryl methyl sites for hydroxylation is 1. The Morgan fingerprint density at radius 2 is 2.04 bits per heavy atom. The van der Waals surface area contributed by atoms with E-state index < -0.39 is 11.7 Å². The van der Waals surface area contributed by atoms with E-state index in [1.54, 1.807) is 0 Å². The van der Waals surface area contributed by atoms with E-state index in [4.69, 9.17) is 4.42 Å². The third-order valence-corrected chi connectivity index (χ3v) is 6.35. The summed E-state index contributed by atoms with van der Waals surface area (Å²) in [6.07, 6.45) is 0.634. The summed E-state index contributed by atoms with van der Waals surface area (Å²) in [6, 6.07) is 4.68. The number of piperazine rings is 1. The van der Waals surface area contributed by atoms with Crippen molar-refractivity contribution < 1.29 is 14.3 Å². The minimum Gasteiger partial charge on any atom is -0.465 e. The van der Waals surface area contributed by atoms with Gasteiger partial charge in [0, 0.05) is 48.9 Å². The number of benzene rings is 1. The number of carboxylic acid groups (broad SMARTS) is 1. The predicted molar refractivity (Wildman–Crippen MR) is 108 cm³/mol. The SMILES string of the molecule is CC[C@H]1CN(c2ccc3c4c(c(=O)oc3c2C)CN(C(=O)O)CC4)CCN1C. The van der Waals surface area contributed by atoms with Gasteiger partial charge in [-0.2, -0.15) is 0 Å². The van der Waals surface area contributed by atoms with Crippen molar-refractivity contribution in [1.82, 2.24) is 9.80 Å². The summed E-state index contributed by atoms with van der Waals surface area (Å²) in [5, 5.41) is 10.2. The highest BCUT2D eigenvalue weighted by atomic mass is 16.4. The van der Waals surface area contributed by atoms with Crippen LogP contribution in [-0.4, -0.2) is 60.3 Å². The number of fused-ring (bicyclic) bond motifs is 3. The zero-order valence-electron chi connectivity index (χ0n) is 16.7. The largest absolute Gasteiger partial charge is 0.465 e. The molecule has 1 aromatic carbocycles. The number of amides is 1. The predicted octanol–water partition coefficient (Wildman–Crippen LogP) is 2.67. The van der Waals surface area contributed by atoms with E-state index >= 15 is 0 Å². The molecule has 1 N–H and O–H groups in total. The zero-order valence-corrected chi connectivity index (χ0v) is 16.7. The van der Waals surface area contributed by atoms with E-state index in [1.807, 2.05) is 13.0 Å². The van der Waals surface area contributed by atoms with Crippen molar-refractivity contribution in [2.45, 2.75) is 39.3 Å². The summed E-state index contributed by atoms with van der Waals surface area (Å²) in [5.74, 6) is 0. The summed E-state index contributed by atoms with van der Waals surface area (Å²) in [7, 11) is 2.17. The first kappa shape index (κ1) is 18.8. The lowest BCUT2D eigenvalue weighted by atomic mass is 9.95. The first-order valence-corrected chi connectivity index (χ1v) is 9.92. The van der Waals surface area contributed by atoms with Crippen LogP contribution in [0.1, 0.15) is 30.0 Å². The van der Waals surface area contributed by atoms with Gasteiger partial charge in [-0.3, -0.25) is 4.90 Å². The van der Waals surface area contributed by atoms with Crippen LogP contribution in [-0.2, 0) is 13.0 Å². The molecule has 2 aromatic rings. The van der Waals surface area contributed by atoms with E-state index in [1.165, 1.54) is 4.90 Å². The van der Waals surface area contributed by atoms with Crippen molar-refractivity contribution in [2.75, 3.05) is 38.1 Å². The van der Waals surface area contributed by atoms with E-state index in [0.717, 1.165) is 48.3 Å². The normalized spacial score (nSPS) is 20.5. The molecule has 2 aliphatic heterocycles. The molecule has 3 heterocycles. The van der Waals surface area contributed by atoms with Crippen molar-refractivity contribution >= 4 is 22.7 Å². The second kappa shape index (κ2) is 7.13. The molecular weight excluding hydrogens is 358 g/mol. The van der Waals surface area contributed by atoms with Crippen molar-refractivity contribution in [1.29, 1.82) is 0 Å². The fourth-order valence-corrected chi connectivity index (χ4v) is 4.56. The van der Waals surface area contributed by atoms with E-state index in [9.17, 15) is 14.7 Å². The second-order valence-electron chi connectivity index (χ2n) is 7.88. The van der Waals surface area contributed by atoms with Gasteiger partial charge in [0.25, 0.3) is 0 Å². The van der Waals surface area contributed by atoms with Gasteiger partial charge < -0.3 is 19.3 Å². The Bertz CT molecular complexity index is 984. The number of anilines is 1. The highest BCUT2D eigenvalue weighted by molar-refractivity contribution is 5.88. The van der Waals surface area contributed by atoms with Crippen LogP contribution in [0.25, 0.3) is 11.0 Å². The van der Waals surface area contributed by atoms with Crippen LogP contribution in [0, 0.1) is 6.92 Å². The molecular formula is C21H27N3O4. The van der Waals surface area contributed by atoms with E-state index in [2.05, 4.69) is 29.8 Å². The quantitative estimate of drug-likeness (QED) is 0.801. The van der Waals surface area contributed by atoms with Crippen LogP contribution in [0.4, 0.5) is 10.5 Å². The summed E-state index contributed by atoms with van der Waals surface area (Å²) in [6.45, 7) is 7.64. The molecule has 0 saturated carbocycles. The molecule has 0 aliphatic carbocycles. The number of nitrogens with zero attached hydrogens (tertiary/aromatic N) is 3. The summed E-state index contributed by atoms with van der Waals surface area (Å²) in [4.78, 5) is 29.9. The molecule has 28 heavy (non-hydrogen) atoms. The molecule has 1 atom stereocenters. The van der Waals surface area contributed by atoms with Crippen LogP contribution < -0.4 is 10.5 Å². The molecule has 0 radical (unpaired) electrons. The summed E-state index contributed by atoms with van der Waals surface area (Å²) >= 11 is 0. The molecule has 7 nitrogen and oxygen atoms in total. The van der Waals surface area contributed by atoms with Gasteiger partial charge in [0.05, 0.1) is 12.1 Å². The lowest BCUT2D eigenvalue weighted by Gasteiger charge is -2.41. The Kier molecular flexibility index (Phi) is 4.79. The molecule has 1 fully saturated rings. The number of likely N-dealkylation sites (N-methyl/N-ethyl adjacent to an activating group) is 1. The van der Waals surface area contributed by atoms with Gasteiger partial charge in [0.1, 0.15) is 5.58 Å². The van der Waals surface area contributed by atoms with E-state index in [0.29, 0.717) is 30.2 Å². The highest BCUT2D eigenvalue weighted by Crippen LogP contribution is 2.33. The first-order chi connectivity index (χ1) is 13.4. The van der Waals surface area contributed by atoms with Crippen molar-refractivity contribution in [3.63, 3.8) is 0 Å². The lowest BCUT2D eigenvalue weighted by Crippen LogP contribution is -2.51. The minimum absolute atomic E-state index is 0.0976. The lowest BCUT2D eigenvalue weighted by molar-refractivity contribution is 0.139. The maximum Gasteiger partial charge on any atom is 0.407 e. The smallest absolute Gasteiger partial charge is 0.407 e. The van der Waals surface area contributed by atoms with Crippen LogP contribution in [0.2, 0.25) is 0 Å². The molecule has 2 aliphatic rings. The fourth-order valence-electron chi connectivity index (χ4n) is 4.56. The Balaban J connectivity index is 1.76. The molecule has 150 valence electrons. The molecule has 7 heteroatoms. The van der Waals surface area contributed by atoms with Crippen molar-refractivity contribution in [2.24, 2.45) is 0 Å². The average Bonchev–Trinajstić information content (AvgIpc) is 2.69. The van der Waals surface area contributed by atoms with Gasteiger partial charge in [-0.1, -0.05) is 6.92 Å². The molecule has 0 unspecified atom stereocenters. The minimum atomic E-state index is -1.00.